The number of alkyl halides is 3. The molecule has 0 amide bonds. The first-order chi connectivity index (χ1) is 9.60. The van der Waals surface area contributed by atoms with Gasteiger partial charge in [0.2, 0.25) is 0 Å². The van der Waals surface area contributed by atoms with E-state index in [1.165, 1.54) is 13.0 Å². The van der Waals surface area contributed by atoms with Gasteiger partial charge >= 0.3 is 6.18 Å². The van der Waals surface area contributed by atoms with Crippen molar-refractivity contribution in [3.63, 3.8) is 0 Å². The van der Waals surface area contributed by atoms with Gasteiger partial charge in [-0.2, -0.15) is 18.4 Å². The summed E-state index contributed by atoms with van der Waals surface area (Å²) in [5.41, 5.74) is -5.41. The predicted molar refractivity (Wildman–Crippen MR) is 60.7 cm³/mol. The average Bonchev–Trinajstić information content (AvgIpc) is 2.39. The monoisotopic (exact) mass is 301 g/mol. The van der Waals surface area contributed by atoms with Gasteiger partial charge in [0.1, 0.15) is 5.41 Å². The Morgan fingerprint density at radius 3 is 2.33 bits per heavy atom. The van der Waals surface area contributed by atoms with Gasteiger partial charge in [0.25, 0.3) is 5.69 Å². The Labute approximate surface area is 116 Å². The number of nitriles is 1. The fourth-order valence-electron chi connectivity index (χ4n) is 1.85. The van der Waals surface area contributed by atoms with E-state index in [9.17, 15) is 33.2 Å². The van der Waals surface area contributed by atoms with Crippen molar-refractivity contribution in [1.29, 1.82) is 5.26 Å². The Morgan fingerprint density at radius 2 is 2.00 bits per heavy atom. The lowest BCUT2D eigenvalue weighted by molar-refractivity contribution is -0.386. The normalized spacial score (nSPS) is 14.0. The smallest absolute Gasteiger partial charge is 0.416 e. The van der Waals surface area contributed by atoms with E-state index in [2.05, 4.69) is 0 Å². The SMILES string of the molecule is CCC(C#N)(C(=O)[O-])c1ccc(C(F)(F)F)cc1[N+](=O)[O-]. The number of nitro benzene ring substituents is 1. The molecule has 0 N–H and O–H groups in total. The van der Waals surface area contributed by atoms with Crippen molar-refractivity contribution in [2.45, 2.75) is 24.9 Å². The van der Waals surface area contributed by atoms with Crippen molar-refractivity contribution >= 4 is 11.7 Å². The molecule has 1 atom stereocenters. The van der Waals surface area contributed by atoms with Crippen LogP contribution in [0.2, 0.25) is 0 Å². The molecule has 0 heterocycles. The molecule has 0 fully saturated rings. The summed E-state index contributed by atoms with van der Waals surface area (Å²) in [7, 11) is 0. The van der Waals surface area contributed by atoms with E-state index >= 15 is 0 Å². The molecule has 1 unspecified atom stereocenters. The lowest BCUT2D eigenvalue weighted by Crippen LogP contribution is -2.44. The molecule has 0 aliphatic heterocycles. The minimum absolute atomic E-state index is 0.208. The molecular formula is C12H8F3N2O4-. The van der Waals surface area contributed by atoms with Gasteiger partial charge in [0.05, 0.1) is 28.1 Å². The molecule has 112 valence electrons. The Morgan fingerprint density at radius 1 is 1.43 bits per heavy atom. The van der Waals surface area contributed by atoms with Gasteiger partial charge in [-0.25, -0.2) is 0 Å². The molecule has 0 aliphatic rings. The number of benzene rings is 1. The van der Waals surface area contributed by atoms with E-state index in [-0.39, 0.29) is 6.07 Å². The van der Waals surface area contributed by atoms with Crippen LogP contribution in [0.15, 0.2) is 18.2 Å². The second kappa shape index (κ2) is 5.40. The van der Waals surface area contributed by atoms with Crippen molar-refractivity contribution in [3.05, 3.63) is 39.4 Å². The molecule has 0 spiro atoms. The van der Waals surface area contributed by atoms with Crippen LogP contribution in [0, 0.1) is 21.4 Å². The molecule has 21 heavy (non-hydrogen) atoms. The van der Waals surface area contributed by atoms with Crippen LogP contribution in [0.25, 0.3) is 0 Å². The molecule has 1 aromatic rings. The van der Waals surface area contributed by atoms with Crippen molar-refractivity contribution in [1.82, 2.24) is 0 Å². The summed E-state index contributed by atoms with van der Waals surface area (Å²) in [5.74, 6) is -1.91. The Balaban J connectivity index is 3.69. The first-order valence-electron chi connectivity index (χ1n) is 5.59. The minimum atomic E-state index is -4.83. The maximum absolute atomic E-state index is 12.6. The molecule has 1 aromatic carbocycles. The van der Waals surface area contributed by atoms with Crippen LogP contribution in [0.4, 0.5) is 18.9 Å². The third-order valence-electron chi connectivity index (χ3n) is 3.05. The maximum atomic E-state index is 12.6. The van der Waals surface area contributed by atoms with E-state index in [4.69, 9.17) is 5.26 Å². The van der Waals surface area contributed by atoms with Crippen molar-refractivity contribution in [3.8, 4) is 6.07 Å². The molecule has 0 radical (unpaired) electrons. The van der Waals surface area contributed by atoms with Gasteiger partial charge in [0, 0.05) is 6.07 Å². The number of hydrogen-bond acceptors (Lipinski definition) is 5. The lowest BCUT2D eigenvalue weighted by atomic mass is 9.78. The molecule has 0 aliphatic carbocycles. The number of halogens is 3. The van der Waals surface area contributed by atoms with Crippen LogP contribution in [0.3, 0.4) is 0 Å². The number of carboxylic acids is 1. The summed E-state index contributed by atoms with van der Waals surface area (Å²) in [4.78, 5) is 20.9. The summed E-state index contributed by atoms with van der Waals surface area (Å²) in [6, 6.07) is 2.72. The Hall–Kier alpha value is -2.63. The topological polar surface area (TPSA) is 107 Å². The molecule has 6 nitrogen and oxygen atoms in total. The third kappa shape index (κ3) is 2.79. The molecule has 0 saturated carbocycles. The number of carbonyl (C=O) groups is 1. The fraction of sp³-hybridized carbons (Fsp3) is 0.333. The van der Waals surface area contributed by atoms with Crippen molar-refractivity contribution in [2.75, 3.05) is 0 Å². The van der Waals surface area contributed by atoms with Crippen LogP contribution in [-0.4, -0.2) is 10.9 Å². The van der Waals surface area contributed by atoms with Gasteiger partial charge in [-0.05, 0) is 18.6 Å². The number of aliphatic carboxylic acids is 1. The van der Waals surface area contributed by atoms with Crippen LogP contribution in [0.5, 0.6) is 0 Å². The van der Waals surface area contributed by atoms with Gasteiger partial charge in [-0.1, -0.05) is 6.92 Å². The quantitative estimate of drug-likeness (QED) is 0.619. The standard InChI is InChI=1S/C12H9F3N2O4/c1-2-11(6-16,10(18)19)8-4-3-7(12(13,14)15)5-9(8)17(20)21/h3-5H,2H2,1H3,(H,18,19)/p-1. The number of carbonyl (C=O) groups excluding carboxylic acids is 1. The highest BCUT2D eigenvalue weighted by Crippen LogP contribution is 2.38. The van der Waals surface area contributed by atoms with E-state index in [1.807, 2.05) is 0 Å². The number of rotatable bonds is 4. The predicted octanol–water partition coefficient (Wildman–Crippen LogP) is 1.53. The first-order valence-corrected chi connectivity index (χ1v) is 5.59. The highest BCUT2D eigenvalue weighted by Gasteiger charge is 2.40. The van der Waals surface area contributed by atoms with Gasteiger partial charge < -0.3 is 9.90 Å². The molecule has 0 bridgehead atoms. The molecular weight excluding hydrogens is 293 g/mol. The minimum Gasteiger partial charge on any atom is -0.548 e. The molecule has 0 aromatic heterocycles. The van der Waals surface area contributed by atoms with Crippen molar-refractivity contribution in [2.24, 2.45) is 0 Å². The highest BCUT2D eigenvalue weighted by atomic mass is 19.4. The zero-order valence-corrected chi connectivity index (χ0v) is 10.6. The highest BCUT2D eigenvalue weighted by molar-refractivity contribution is 5.85. The van der Waals surface area contributed by atoms with Crippen LogP contribution >= 0.6 is 0 Å². The van der Waals surface area contributed by atoms with E-state index in [0.717, 1.165) is 0 Å². The van der Waals surface area contributed by atoms with E-state index in [1.54, 1.807) is 0 Å². The molecule has 9 heteroatoms. The van der Waals surface area contributed by atoms with Crippen molar-refractivity contribution < 1.29 is 28.0 Å². The van der Waals surface area contributed by atoms with Gasteiger partial charge in [0.15, 0.2) is 0 Å². The van der Waals surface area contributed by atoms with Gasteiger partial charge in [-0.15, -0.1) is 0 Å². The largest absolute Gasteiger partial charge is 0.548 e. The van der Waals surface area contributed by atoms with Crippen LogP contribution < -0.4 is 5.11 Å². The number of nitrogens with zero attached hydrogens (tertiary/aromatic N) is 2. The van der Waals surface area contributed by atoms with E-state index in [0.29, 0.717) is 12.1 Å². The average molecular weight is 301 g/mol. The van der Waals surface area contributed by atoms with Crippen LogP contribution in [-0.2, 0) is 16.4 Å². The van der Waals surface area contributed by atoms with E-state index < -0.39 is 45.7 Å². The third-order valence-corrected chi connectivity index (χ3v) is 3.05. The summed E-state index contributed by atoms with van der Waals surface area (Å²) in [5, 5.41) is 31.1. The zero-order chi connectivity index (χ0) is 16.4. The lowest BCUT2D eigenvalue weighted by Gasteiger charge is -2.26. The first kappa shape index (κ1) is 16.4. The summed E-state index contributed by atoms with van der Waals surface area (Å²) in [6.45, 7) is 1.26. The second-order valence-corrected chi connectivity index (χ2v) is 4.14. The molecule has 0 saturated heterocycles. The maximum Gasteiger partial charge on any atom is 0.416 e. The second-order valence-electron chi connectivity index (χ2n) is 4.14. The Bertz CT molecular complexity index is 636. The summed E-state index contributed by atoms with van der Waals surface area (Å²) >= 11 is 0. The fourth-order valence-corrected chi connectivity index (χ4v) is 1.85. The zero-order valence-electron chi connectivity index (χ0n) is 10.6. The summed E-state index contributed by atoms with van der Waals surface area (Å²) < 4.78 is 37.7. The number of hydrogen-bond donors (Lipinski definition) is 0. The van der Waals surface area contributed by atoms with Crippen LogP contribution in [0.1, 0.15) is 24.5 Å². The number of carboxylic acid groups (broad SMARTS) is 1. The summed E-state index contributed by atoms with van der Waals surface area (Å²) in [6.07, 6.45) is -5.22. The number of nitro groups is 1. The Kier molecular flexibility index (Phi) is 4.22. The van der Waals surface area contributed by atoms with Gasteiger partial charge in [-0.3, -0.25) is 10.1 Å². The molecule has 1 rings (SSSR count).